The Morgan fingerprint density at radius 1 is 0.900 bits per heavy atom. The van der Waals surface area contributed by atoms with Gasteiger partial charge in [-0.25, -0.2) is 4.39 Å². The molecule has 30 heavy (non-hydrogen) atoms. The third kappa shape index (κ3) is 4.52. The van der Waals surface area contributed by atoms with Gasteiger partial charge in [0, 0.05) is 23.9 Å². The van der Waals surface area contributed by atoms with Gasteiger partial charge in [0.05, 0.1) is 0 Å². The highest BCUT2D eigenvalue weighted by molar-refractivity contribution is 5.88. The van der Waals surface area contributed by atoms with Gasteiger partial charge in [-0.15, -0.1) is 10.2 Å². The number of hydrogen-bond donors (Lipinski definition) is 2. The number of hydrogen-bond acceptors (Lipinski definition) is 5. The molecule has 1 atom stereocenters. The lowest BCUT2D eigenvalue weighted by Crippen LogP contribution is -2.13. The number of amides is 1. The molecule has 0 aliphatic carbocycles. The minimum atomic E-state index is -0.484. The van der Waals surface area contributed by atoms with Gasteiger partial charge in [0.1, 0.15) is 11.9 Å². The summed E-state index contributed by atoms with van der Waals surface area (Å²) in [6, 6.07) is 22.3. The highest BCUT2D eigenvalue weighted by Crippen LogP contribution is 2.29. The van der Waals surface area contributed by atoms with Gasteiger partial charge in [0.2, 0.25) is 17.7 Å². The first-order valence-electron chi connectivity index (χ1n) is 9.37. The number of rotatable bonds is 6. The minimum absolute atomic E-state index is 0.140. The number of aromatic nitrogens is 2. The third-order valence-corrected chi connectivity index (χ3v) is 4.43. The summed E-state index contributed by atoms with van der Waals surface area (Å²) < 4.78 is 19.4. The second-order valence-corrected chi connectivity index (χ2v) is 6.70. The Morgan fingerprint density at radius 3 is 2.23 bits per heavy atom. The van der Waals surface area contributed by atoms with Gasteiger partial charge in [-0.3, -0.25) is 4.79 Å². The second kappa shape index (κ2) is 8.57. The molecule has 0 saturated heterocycles. The molecule has 1 amide bonds. The van der Waals surface area contributed by atoms with Crippen molar-refractivity contribution in [3.05, 3.63) is 96.1 Å². The third-order valence-electron chi connectivity index (χ3n) is 4.43. The average molecular weight is 402 g/mol. The van der Waals surface area contributed by atoms with E-state index in [1.54, 1.807) is 24.3 Å². The largest absolute Gasteiger partial charge is 0.418 e. The number of nitrogens with one attached hydrogen (secondary N) is 2. The van der Waals surface area contributed by atoms with E-state index in [1.807, 2.05) is 42.5 Å². The van der Waals surface area contributed by atoms with E-state index >= 15 is 0 Å². The average Bonchev–Trinajstić information content (AvgIpc) is 3.24. The van der Waals surface area contributed by atoms with Gasteiger partial charge in [0.15, 0.2) is 0 Å². The van der Waals surface area contributed by atoms with E-state index < -0.39 is 6.04 Å². The first-order valence-corrected chi connectivity index (χ1v) is 9.37. The van der Waals surface area contributed by atoms with Crippen molar-refractivity contribution in [3.63, 3.8) is 0 Å². The quantitative estimate of drug-likeness (QED) is 0.473. The normalized spacial score (nSPS) is 11.7. The van der Waals surface area contributed by atoms with Gasteiger partial charge >= 0.3 is 0 Å². The van der Waals surface area contributed by atoms with Crippen LogP contribution in [0.3, 0.4) is 0 Å². The molecule has 1 aromatic heterocycles. The van der Waals surface area contributed by atoms with Crippen LogP contribution >= 0.6 is 0 Å². The summed E-state index contributed by atoms with van der Waals surface area (Å²) in [6.07, 6.45) is 0. The van der Waals surface area contributed by atoms with Crippen LogP contribution in [0.15, 0.2) is 83.3 Å². The summed E-state index contributed by atoms with van der Waals surface area (Å²) in [5.74, 6) is 0.291. The number of anilines is 2. The van der Waals surface area contributed by atoms with Crippen LogP contribution in [0.25, 0.3) is 11.5 Å². The van der Waals surface area contributed by atoms with Crippen LogP contribution < -0.4 is 10.6 Å². The van der Waals surface area contributed by atoms with Crippen LogP contribution in [0.1, 0.15) is 24.4 Å². The van der Waals surface area contributed by atoms with Crippen LogP contribution in [0, 0.1) is 5.82 Å². The molecule has 0 spiro atoms. The van der Waals surface area contributed by atoms with Crippen molar-refractivity contribution >= 4 is 17.3 Å². The predicted molar refractivity (Wildman–Crippen MR) is 112 cm³/mol. The zero-order valence-electron chi connectivity index (χ0n) is 16.2. The molecule has 0 unspecified atom stereocenters. The van der Waals surface area contributed by atoms with Crippen molar-refractivity contribution in [2.45, 2.75) is 13.0 Å². The summed E-state index contributed by atoms with van der Waals surface area (Å²) in [6.45, 7) is 1.45. The Balaban J connectivity index is 1.64. The molecule has 6 nitrogen and oxygen atoms in total. The fraction of sp³-hybridized carbons (Fsp3) is 0.0870. The zero-order chi connectivity index (χ0) is 20.9. The zero-order valence-corrected chi connectivity index (χ0v) is 16.2. The molecule has 4 rings (SSSR count). The van der Waals surface area contributed by atoms with Crippen molar-refractivity contribution in [3.8, 4) is 11.5 Å². The maximum Gasteiger partial charge on any atom is 0.247 e. The van der Waals surface area contributed by atoms with Crippen LogP contribution in [0.2, 0.25) is 0 Å². The predicted octanol–water partition coefficient (Wildman–Crippen LogP) is 5.04. The van der Waals surface area contributed by atoms with Gasteiger partial charge in [0.25, 0.3) is 0 Å². The molecule has 150 valence electrons. The lowest BCUT2D eigenvalue weighted by Gasteiger charge is -2.17. The Hall–Kier alpha value is -4.00. The first kappa shape index (κ1) is 19.3. The number of carbonyl (C=O) groups excluding carboxylic acids is 1. The highest BCUT2D eigenvalue weighted by atomic mass is 19.1. The molecular formula is C23H19FN4O2. The molecule has 1 heterocycles. The summed E-state index contributed by atoms with van der Waals surface area (Å²) in [5, 5.41) is 14.4. The van der Waals surface area contributed by atoms with Gasteiger partial charge in [-0.1, -0.05) is 30.3 Å². The SMILES string of the molecule is CC(=O)Nc1ccc(N[C@@H](c2ccc(F)cc2)c2nnc(-c3ccccc3)o2)cc1. The molecule has 0 fully saturated rings. The molecule has 0 bridgehead atoms. The van der Waals surface area contributed by atoms with Crippen LogP contribution in [0.4, 0.5) is 15.8 Å². The molecule has 0 aliphatic rings. The topological polar surface area (TPSA) is 80.0 Å². The Labute approximate surface area is 172 Å². The lowest BCUT2D eigenvalue weighted by atomic mass is 10.1. The number of halogens is 1. The smallest absolute Gasteiger partial charge is 0.247 e. The van der Waals surface area contributed by atoms with E-state index in [2.05, 4.69) is 20.8 Å². The fourth-order valence-electron chi connectivity index (χ4n) is 3.01. The Bertz CT molecular complexity index is 1130. The summed E-state index contributed by atoms with van der Waals surface area (Å²) in [7, 11) is 0. The minimum Gasteiger partial charge on any atom is -0.418 e. The molecule has 4 aromatic rings. The number of nitrogens with zero attached hydrogens (tertiary/aromatic N) is 2. The molecule has 0 radical (unpaired) electrons. The van der Waals surface area contributed by atoms with Crippen LogP contribution in [-0.4, -0.2) is 16.1 Å². The van der Waals surface area contributed by atoms with E-state index in [9.17, 15) is 9.18 Å². The maximum atomic E-state index is 13.4. The number of benzene rings is 3. The van der Waals surface area contributed by atoms with Gasteiger partial charge in [-0.05, 0) is 54.1 Å². The molecular weight excluding hydrogens is 383 g/mol. The standard InChI is InChI=1S/C23H19FN4O2/c1-15(29)25-19-11-13-20(14-12-19)26-21(16-7-9-18(24)10-8-16)23-28-27-22(30-23)17-5-3-2-4-6-17/h2-14,21,26H,1H3,(H,25,29)/t21-/m0/s1. The van der Waals surface area contributed by atoms with Crippen molar-refractivity contribution in [2.75, 3.05) is 10.6 Å². The van der Waals surface area contributed by atoms with Gasteiger partial charge < -0.3 is 15.1 Å². The Kier molecular flexibility index (Phi) is 5.52. The van der Waals surface area contributed by atoms with E-state index in [4.69, 9.17) is 4.42 Å². The van der Waals surface area contributed by atoms with Crippen molar-refractivity contribution in [1.82, 2.24) is 10.2 Å². The summed E-state index contributed by atoms with van der Waals surface area (Å²) in [5.41, 5.74) is 3.05. The molecule has 2 N–H and O–H groups in total. The van der Waals surface area contributed by atoms with E-state index in [-0.39, 0.29) is 11.7 Å². The monoisotopic (exact) mass is 402 g/mol. The summed E-state index contributed by atoms with van der Waals surface area (Å²) >= 11 is 0. The molecule has 7 heteroatoms. The first-order chi connectivity index (χ1) is 14.6. The van der Waals surface area contributed by atoms with Crippen LogP contribution in [0.5, 0.6) is 0 Å². The van der Waals surface area contributed by atoms with Crippen molar-refractivity contribution in [1.29, 1.82) is 0 Å². The van der Waals surface area contributed by atoms with E-state index in [1.165, 1.54) is 19.1 Å². The van der Waals surface area contributed by atoms with Gasteiger partial charge in [-0.2, -0.15) is 0 Å². The Morgan fingerprint density at radius 2 is 1.57 bits per heavy atom. The van der Waals surface area contributed by atoms with E-state index in [0.29, 0.717) is 17.5 Å². The molecule has 0 saturated carbocycles. The van der Waals surface area contributed by atoms with Crippen LogP contribution in [-0.2, 0) is 4.79 Å². The summed E-state index contributed by atoms with van der Waals surface area (Å²) in [4.78, 5) is 11.2. The second-order valence-electron chi connectivity index (χ2n) is 6.70. The van der Waals surface area contributed by atoms with Crippen molar-refractivity contribution in [2.24, 2.45) is 0 Å². The number of carbonyl (C=O) groups is 1. The molecule has 0 aliphatic heterocycles. The maximum absolute atomic E-state index is 13.4. The highest BCUT2D eigenvalue weighted by Gasteiger charge is 2.21. The van der Waals surface area contributed by atoms with E-state index in [0.717, 1.165) is 16.8 Å². The fourth-order valence-corrected chi connectivity index (χ4v) is 3.01. The van der Waals surface area contributed by atoms with Crippen molar-refractivity contribution < 1.29 is 13.6 Å². The lowest BCUT2D eigenvalue weighted by molar-refractivity contribution is -0.114. The molecule has 3 aromatic carbocycles.